The zero-order valence-electron chi connectivity index (χ0n) is 24.7. The summed E-state index contributed by atoms with van der Waals surface area (Å²) in [5, 5.41) is 12.1. The number of fused-ring (bicyclic) bond motifs is 1. The van der Waals surface area contributed by atoms with Gasteiger partial charge in [-0.05, 0) is 79.4 Å². The highest BCUT2D eigenvalue weighted by Gasteiger charge is 2.48. The number of benzene rings is 4. The molecule has 1 fully saturated rings. The summed E-state index contributed by atoms with van der Waals surface area (Å²) in [5.41, 5.74) is 3.79. The lowest BCUT2D eigenvalue weighted by Gasteiger charge is -2.23. The van der Waals surface area contributed by atoms with E-state index in [2.05, 4.69) is 6.92 Å². The molecule has 1 atom stereocenters. The summed E-state index contributed by atoms with van der Waals surface area (Å²) in [4.78, 5) is 33.8. The van der Waals surface area contributed by atoms with Crippen LogP contribution in [0.1, 0.15) is 48.1 Å². The molecule has 1 aliphatic rings. The van der Waals surface area contributed by atoms with Crippen LogP contribution in [0.3, 0.4) is 0 Å². The number of unbranched alkanes of at least 4 members (excludes halogenated alkanes) is 1. The largest absolute Gasteiger partial charge is 0.507 e. The molecule has 1 unspecified atom stereocenters. The minimum absolute atomic E-state index is 0.0234. The number of aryl methyl sites for hydroxylation is 2. The fourth-order valence-electron chi connectivity index (χ4n) is 5.40. The summed E-state index contributed by atoms with van der Waals surface area (Å²) >= 11 is 1.34. The zero-order chi connectivity index (χ0) is 30.8. The van der Waals surface area contributed by atoms with Crippen LogP contribution >= 0.6 is 11.3 Å². The van der Waals surface area contributed by atoms with Crippen LogP contribution in [-0.4, -0.2) is 28.4 Å². The Labute approximate surface area is 260 Å². The van der Waals surface area contributed by atoms with E-state index in [-0.39, 0.29) is 11.3 Å². The van der Waals surface area contributed by atoms with Gasteiger partial charge in [0.15, 0.2) is 5.13 Å². The molecule has 6 rings (SSSR count). The molecule has 5 aromatic rings. The SMILES string of the molecule is CCCCOc1cccc(C(O)=C2C(=O)C(=O)N(c3nc4c(C)cc(C)cc4s3)C2c2cccc(Oc3ccccc3)c2)c1. The topological polar surface area (TPSA) is 89.0 Å². The Morgan fingerprint density at radius 2 is 1.66 bits per heavy atom. The minimum atomic E-state index is -0.944. The van der Waals surface area contributed by atoms with Gasteiger partial charge in [-0.2, -0.15) is 0 Å². The number of hydrogen-bond donors (Lipinski definition) is 1. The number of nitrogens with zero attached hydrogens (tertiary/aromatic N) is 2. The summed E-state index contributed by atoms with van der Waals surface area (Å²) < 4.78 is 12.9. The van der Waals surface area contributed by atoms with E-state index in [1.165, 1.54) is 16.2 Å². The zero-order valence-corrected chi connectivity index (χ0v) is 25.6. The molecule has 44 heavy (non-hydrogen) atoms. The first kappa shape index (κ1) is 29.1. The summed E-state index contributed by atoms with van der Waals surface area (Å²) in [7, 11) is 0. The minimum Gasteiger partial charge on any atom is -0.507 e. The smallest absolute Gasteiger partial charge is 0.301 e. The normalized spacial score (nSPS) is 16.1. The van der Waals surface area contributed by atoms with Gasteiger partial charge >= 0.3 is 5.91 Å². The summed E-state index contributed by atoms with van der Waals surface area (Å²) in [5.74, 6) is -0.0686. The van der Waals surface area contributed by atoms with E-state index >= 15 is 0 Å². The summed E-state index contributed by atoms with van der Waals surface area (Å²) in [6.45, 7) is 6.61. The second-order valence-corrected chi connectivity index (χ2v) is 11.8. The second-order valence-electron chi connectivity index (χ2n) is 10.8. The van der Waals surface area contributed by atoms with Gasteiger partial charge in [-0.3, -0.25) is 14.5 Å². The lowest BCUT2D eigenvalue weighted by atomic mass is 9.95. The number of carbonyl (C=O) groups is 2. The summed E-state index contributed by atoms with van der Waals surface area (Å²) in [6, 6.07) is 26.7. The molecule has 4 aromatic carbocycles. The Bertz CT molecular complexity index is 1900. The number of ketones is 1. The standard InChI is InChI=1S/C36H32N2O5S/c1-4-5-17-42-27-15-10-12-25(21-27)33(39)30-32(24-11-9-16-28(20-24)43-26-13-7-6-8-14-26)38(35(41)34(30)40)36-37-31-23(3)18-22(2)19-29(31)44-36/h6-16,18-21,32,39H,4-5,17H2,1-3H3. The highest BCUT2D eigenvalue weighted by molar-refractivity contribution is 7.22. The number of Topliss-reactive ketones (excluding diaryl/α,β-unsaturated/α-hetero) is 1. The predicted molar refractivity (Wildman–Crippen MR) is 174 cm³/mol. The number of amides is 1. The van der Waals surface area contributed by atoms with Crippen molar-refractivity contribution >= 4 is 44.1 Å². The van der Waals surface area contributed by atoms with Crippen LogP contribution in [0.15, 0.2) is 96.6 Å². The molecule has 1 amide bonds. The van der Waals surface area contributed by atoms with Crippen LogP contribution in [0.4, 0.5) is 5.13 Å². The maximum Gasteiger partial charge on any atom is 0.301 e. The molecule has 0 saturated carbocycles. The van der Waals surface area contributed by atoms with Gasteiger partial charge in [0.05, 0.1) is 28.4 Å². The number of para-hydroxylation sites is 1. The van der Waals surface area contributed by atoms with Crippen LogP contribution in [-0.2, 0) is 9.59 Å². The van der Waals surface area contributed by atoms with Crippen LogP contribution in [0.2, 0.25) is 0 Å². The van der Waals surface area contributed by atoms with Gasteiger partial charge in [0, 0.05) is 5.56 Å². The van der Waals surface area contributed by atoms with Crippen molar-refractivity contribution in [2.24, 2.45) is 0 Å². The van der Waals surface area contributed by atoms with Gasteiger partial charge < -0.3 is 14.6 Å². The van der Waals surface area contributed by atoms with Crippen LogP contribution in [0, 0.1) is 13.8 Å². The molecule has 1 saturated heterocycles. The van der Waals surface area contributed by atoms with Crippen molar-refractivity contribution in [3.8, 4) is 17.2 Å². The monoisotopic (exact) mass is 604 g/mol. The van der Waals surface area contributed by atoms with E-state index < -0.39 is 17.7 Å². The van der Waals surface area contributed by atoms with E-state index in [4.69, 9.17) is 14.5 Å². The number of anilines is 1. The Balaban J connectivity index is 1.49. The second kappa shape index (κ2) is 12.3. The van der Waals surface area contributed by atoms with Crippen molar-refractivity contribution in [1.29, 1.82) is 0 Å². The molecule has 0 aliphatic carbocycles. The first-order chi connectivity index (χ1) is 21.3. The number of aliphatic hydroxyl groups excluding tert-OH is 1. The van der Waals surface area contributed by atoms with Crippen molar-refractivity contribution in [2.45, 2.75) is 39.7 Å². The lowest BCUT2D eigenvalue weighted by molar-refractivity contribution is -0.132. The Morgan fingerprint density at radius 1 is 0.909 bits per heavy atom. The van der Waals surface area contributed by atoms with Crippen LogP contribution in [0.5, 0.6) is 17.2 Å². The Morgan fingerprint density at radius 3 is 2.45 bits per heavy atom. The highest BCUT2D eigenvalue weighted by atomic mass is 32.1. The number of ether oxygens (including phenoxy) is 2. The number of hydrogen-bond acceptors (Lipinski definition) is 7. The number of carbonyl (C=O) groups excluding carboxylic acids is 2. The molecular formula is C36H32N2O5S. The van der Waals surface area contributed by atoms with Crippen molar-refractivity contribution in [2.75, 3.05) is 11.5 Å². The first-order valence-corrected chi connectivity index (χ1v) is 15.4. The number of aliphatic hydroxyl groups is 1. The quantitative estimate of drug-likeness (QED) is 0.0785. The number of rotatable bonds is 9. The molecule has 0 bridgehead atoms. The average Bonchev–Trinajstić information content (AvgIpc) is 3.56. The molecule has 2 heterocycles. The van der Waals surface area contributed by atoms with Gasteiger partial charge in [-0.1, -0.05) is 73.2 Å². The van der Waals surface area contributed by atoms with E-state index in [9.17, 15) is 14.7 Å². The highest BCUT2D eigenvalue weighted by Crippen LogP contribution is 2.45. The van der Waals surface area contributed by atoms with Gasteiger partial charge in [-0.25, -0.2) is 4.98 Å². The molecule has 1 aliphatic heterocycles. The van der Waals surface area contributed by atoms with Crippen LogP contribution in [0.25, 0.3) is 16.0 Å². The third-order valence-electron chi connectivity index (χ3n) is 7.50. The molecule has 222 valence electrons. The first-order valence-electron chi connectivity index (χ1n) is 14.6. The maximum absolute atomic E-state index is 13.8. The number of thiazole rings is 1. The Hall–Kier alpha value is -4.95. The third-order valence-corrected chi connectivity index (χ3v) is 8.50. The van der Waals surface area contributed by atoms with E-state index in [1.54, 1.807) is 30.3 Å². The molecule has 1 N–H and O–H groups in total. The molecule has 1 aromatic heterocycles. The summed E-state index contributed by atoms with van der Waals surface area (Å²) in [6.07, 6.45) is 1.88. The van der Waals surface area contributed by atoms with Gasteiger partial charge in [0.1, 0.15) is 23.0 Å². The van der Waals surface area contributed by atoms with Crippen LogP contribution < -0.4 is 14.4 Å². The van der Waals surface area contributed by atoms with Crippen molar-refractivity contribution in [1.82, 2.24) is 4.98 Å². The maximum atomic E-state index is 13.8. The molecule has 0 radical (unpaired) electrons. The predicted octanol–water partition coefficient (Wildman–Crippen LogP) is 8.51. The molecule has 0 spiro atoms. The Kier molecular flexibility index (Phi) is 8.17. The van der Waals surface area contributed by atoms with Crippen molar-refractivity contribution < 1.29 is 24.2 Å². The van der Waals surface area contributed by atoms with Gasteiger partial charge in [0.2, 0.25) is 0 Å². The molecular weight excluding hydrogens is 572 g/mol. The fraction of sp³-hybridized carbons (Fsp3) is 0.194. The lowest BCUT2D eigenvalue weighted by Crippen LogP contribution is -2.29. The fourth-order valence-corrected chi connectivity index (χ4v) is 6.57. The third kappa shape index (κ3) is 5.68. The van der Waals surface area contributed by atoms with Gasteiger partial charge in [0.25, 0.3) is 5.78 Å². The van der Waals surface area contributed by atoms with Gasteiger partial charge in [-0.15, -0.1) is 0 Å². The number of aromatic nitrogens is 1. The average molecular weight is 605 g/mol. The van der Waals surface area contributed by atoms with E-state index in [1.807, 2.05) is 74.5 Å². The van der Waals surface area contributed by atoms with E-state index in [0.717, 1.165) is 34.2 Å². The van der Waals surface area contributed by atoms with Crippen molar-refractivity contribution in [3.63, 3.8) is 0 Å². The molecule has 7 nitrogen and oxygen atoms in total. The van der Waals surface area contributed by atoms with E-state index in [0.29, 0.717) is 40.1 Å². The molecule has 8 heteroatoms. The van der Waals surface area contributed by atoms with Crippen molar-refractivity contribution in [3.05, 3.63) is 119 Å².